The van der Waals surface area contributed by atoms with E-state index in [1.807, 2.05) is 5.32 Å². The quantitative estimate of drug-likeness (QED) is 0.343. The van der Waals surface area contributed by atoms with Crippen LogP contribution >= 0.6 is 0 Å². The number of hydrogen-bond donors (Lipinski definition) is 2. The Bertz CT molecular complexity index is 937. The maximum absolute atomic E-state index is 13.7. The van der Waals surface area contributed by atoms with Crippen LogP contribution in [-0.2, 0) is 9.59 Å². The number of unbranched alkanes of at least 4 members (excludes halogenated alkanes) is 2. The summed E-state index contributed by atoms with van der Waals surface area (Å²) in [6.45, 7) is 4.29. The summed E-state index contributed by atoms with van der Waals surface area (Å²) >= 11 is 0. The molecule has 2 aromatic carbocycles. The Morgan fingerprint density at radius 3 is 2.42 bits per heavy atom. The van der Waals surface area contributed by atoms with Crippen LogP contribution in [0.5, 0.6) is 11.5 Å². The minimum Gasteiger partial charge on any atom is -0.493 e. The summed E-state index contributed by atoms with van der Waals surface area (Å²) in [4.78, 5) is 24.2. The lowest BCUT2D eigenvalue weighted by atomic mass is 10.1. The van der Waals surface area contributed by atoms with Crippen LogP contribution in [0, 0.1) is 17.5 Å². The van der Waals surface area contributed by atoms with Gasteiger partial charge in [-0.3, -0.25) is 9.59 Å². The molecule has 0 saturated heterocycles. The number of amides is 2. The second kappa shape index (κ2) is 11.2. The van der Waals surface area contributed by atoms with E-state index in [-0.39, 0.29) is 0 Å². The van der Waals surface area contributed by atoms with E-state index in [9.17, 15) is 22.8 Å². The van der Waals surface area contributed by atoms with E-state index < -0.39 is 41.0 Å². The lowest BCUT2D eigenvalue weighted by Crippen LogP contribution is -2.37. The van der Waals surface area contributed by atoms with E-state index in [2.05, 4.69) is 12.2 Å². The van der Waals surface area contributed by atoms with Gasteiger partial charge in [0.05, 0.1) is 25.4 Å². The third-order valence-corrected chi connectivity index (χ3v) is 4.53. The first-order chi connectivity index (χ1) is 14.8. The van der Waals surface area contributed by atoms with Gasteiger partial charge in [0.25, 0.3) is 0 Å². The molecule has 0 spiro atoms. The first-order valence-corrected chi connectivity index (χ1v) is 9.84. The Morgan fingerprint density at radius 2 is 1.74 bits per heavy atom. The zero-order valence-electron chi connectivity index (χ0n) is 17.6. The number of methoxy groups -OCH3 is 1. The minimum atomic E-state index is -1.74. The van der Waals surface area contributed by atoms with Crippen molar-refractivity contribution < 1.29 is 32.2 Å². The van der Waals surface area contributed by atoms with Gasteiger partial charge in [0.1, 0.15) is 0 Å². The number of hydrogen-bond acceptors (Lipinski definition) is 4. The molecule has 31 heavy (non-hydrogen) atoms. The summed E-state index contributed by atoms with van der Waals surface area (Å²) < 4.78 is 51.0. The van der Waals surface area contributed by atoms with Gasteiger partial charge in [0, 0.05) is 0 Å². The molecule has 0 aliphatic carbocycles. The Kier molecular flexibility index (Phi) is 8.72. The molecule has 168 valence electrons. The van der Waals surface area contributed by atoms with Crippen molar-refractivity contribution in [2.24, 2.45) is 0 Å². The monoisotopic (exact) mass is 438 g/mol. The van der Waals surface area contributed by atoms with Crippen LogP contribution in [0.25, 0.3) is 0 Å². The smallest absolute Gasteiger partial charge is 0.313 e. The van der Waals surface area contributed by atoms with E-state index >= 15 is 0 Å². The Morgan fingerprint density at radius 1 is 1.00 bits per heavy atom. The Balaban J connectivity index is 2.01. The molecule has 0 aliphatic rings. The van der Waals surface area contributed by atoms with Crippen molar-refractivity contribution >= 4 is 17.5 Å². The number of ether oxygens (including phenoxy) is 2. The molecule has 0 fully saturated rings. The van der Waals surface area contributed by atoms with Gasteiger partial charge in [0.2, 0.25) is 0 Å². The summed E-state index contributed by atoms with van der Waals surface area (Å²) in [5, 5.41) is 4.38. The standard InChI is InChI=1S/C22H25F3N2O4/c1-4-5-6-11-31-17-10-7-14(12-18(17)30-3)13(2)26-21(28)22(29)27-16-9-8-15(23)19(24)20(16)25/h7-10,12-13H,4-6,11H2,1-3H3,(H,26,28)(H,27,29). The summed E-state index contributed by atoms with van der Waals surface area (Å²) in [5.41, 5.74) is -0.00383. The molecule has 0 aromatic heterocycles. The van der Waals surface area contributed by atoms with Gasteiger partial charge in [-0.25, -0.2) is 13.2 Å². The molecule has 2 N–H and O–H groups in total. The molecule has 0 radical (unpaired) electrons. The number of carbonyl (C=O) groups is 2. The maximum Gasteiger partial charge on any atom is 0.313 e. The predicted octanol–water partition coefficient (Wildman–Crippen LogP) is 4.50. The van der Waals surface area contributed by atoms with Crippen molar-refractivity contribution in [2.45, 2.75) is 39.2 Å². The van der Waals surface area contributed by atoms with Gasteiger partial charge in [0.15, 0.2) is 29.0 Å². The van der Waals surface area contributed by atoms with Gasteiger partial charge in [-0.05, 0) is 43.2 Å². The van der Waals surface area contributed by atoms with Crippen LogP contribution in [0.4, 0.5) is 18.9 Å². The first kappa shape index (κ1) is 24.0. The normalized spacial score (nSPS) is 11.5. The molecule has 0 saturated carbocycles. The lowest BCUT2D eigenvalue weighted by molar-refractivity contribution is -0.136. The molecule has 1 unspecified atom stereocenters. The van der Waals surface area contributed by atoms with Crippen molar-refractivity contribution in [3.8, 4) is 11.5 Å². The van der Waals surface area contributed by atoms with Gasteiger partial charge in [-0.1, -0.05) is 25.8 Å². The number of halogens is 3. The molecular formula is C22H25F3N2O4. The topological polar surface area (TPSA) is 76.7 Å². The van der Waals surface area contributed by atoms with Crippen molar-refractivity contribution in [2.75, 3.05) is 19.0 Å². The zero-order chi connectivity index (χ0) is 23.0. The number of rotatable bonds is 9. The highest BCUT2D eigenvalue weighted by atomic mass is 19.2. The summed E-state index contributed by atoms with van der Waals surface area (Å²) in [5.74, 6) is -5.99. The highest BCUT2D eigenvalue weighted by Crippen LogP contribution is 2.30. The molecule has 0 bridgehead atoms. The molecule has 2 amide bonds. The average Bonchev–Trinajstić information content (AvgIpc) is 2.76. The largest absolute Gasteiger partial charge is 0.493 e. The van der Waals surface area contributed by atoms with Crippen molar-refractivity contribution in [3.63, 3.8) is 0 Å². The van der Waals surface area contributed by atoms with Gasteiger partial charge in [-0.2, -0.15) is 0 Å². The van der Waals surface area contributed by atoms with Crippen molar-refractivity contribution in [1.29, 1.82) is 0 Å². The summed E-state index contributed by atoms with van der Waals surface area (Å²) in [6.07, 6.45) is 3.05. The highest BCUT2D eigenvalue weighted by Gasteiger charge is 2.21. The van der Waals surface area contributed by atoms with Crippen LogP contribution in [0.1, 0.15) is 44.7 Å². The zero-order valence-corrected chi connectivity index (χ0v) is 17.6. The number of nitrogens with one attached hydrogen (secondary N) is 2. The molecule has 0 aliphatic heterocycles. The van der Waals surface area contributed by atoms with Crippen LogP contribution in [0.15, 0.2) is 30.3 Å². The predicted molar refractivity (Wildman–Crippen MR) is 110 cm³/mol. The highest BCUT2D eigenvalue weighted by molar-refractivity contribution is 6.39. The van der Waals surface area contributed by atoms with E-state index in [1.165, 1.54) is 7.11 Å². The second-order valence-corrected chi connectivity index (χ2v) is 6.84. The van der Waals surface area contributed by atoms with Gasteiger partial charge < -0.3 is 20.1 Å². The summed E-state index contributed by atoms with van der Waals surface area (Å²) in [7, 11) is 1.49. The fourth-order valence-corrected chi connectivity index (χ4v) is 2.75. The van der Waals surface area contributed by atoms with Crippen LogP contribution in [0.3, 0.4) is 0 Å². The van der Waals surface area contributed by atoms with Gasteiger partial charge in [-0.15, -0.1) is 0 Å². The summed E-state index contributed by atoms with van der Waals surface area (Å²) in [6, 6.07) is 5.97. The average molecular weight is 438 g/mol. The molecule has 0 heterocycles. The minimum absolute atomic E-state index is 0.475. The maximum atomic E-state index is 13.7. The van der Waals surface area contributed by atoms with Crippen LogP contribution in [-0.4, -0.2) is 25.5 Å². The molecular weight excluding hydrogens is 413 g/mol. The van der Waals surface area contributed by atoms with Crippen LogP contribution in [0.2, 0.25) is 0 Å². The third-order valence-electron chi connectivity index (χ3n) is 4.53. The Hall–Kier alpha value is -3.23. The first-order valence-electron chi connectivity index (χ1n) is 9.84. The fraction of sp³-hybridized carbons (Fsp3) is 0.364. The third kappa shape index (κ3) is 6.37. The molecule has 1 atom stereocenters. The second-order valence-electron chi connectivity index (χ2n) is 6.84. The van der Waals surface area contributed by atoms with Crippen LogP contribution < -0.4 is 20.1 Å². The molecule has 2 aromatic rings. The van der Waals surface area contributed by atoms with Gasteiger partial charge >= 0.3 is 11.8 Å². The molecule has 2 rings (SSSR count). The fourth-order valence-electron chi connectivity index (χ4n) is 2.75. The molecule has 6 nitrogen and oxygen atoms in total. The molecule has 9 heteroatoms. The van der Waals surface area contributed by atoms with Crippen molar-refractivity contribution in [1.82, 2.24) is 5.32 Å². The van der Waals surface area contributed by atoms with E-state index in [0.717, 1.165) is 25.3 Å². The van der Waals surface area contributed by atoms with E-state index in [0.29, 0.717) is 29.7 Å². The van der Waals surface area contributed by atoms with E-state index in [1.54, 1.807) is 25.1 Å². The van der Waals surface area contributed by atoms with E-state index in [4.69, 9.17) is 9.47 Å². The Labute approximate surface area is 178 Å². The SMILES string of the molecule is CCCCCOc1ccc(C(C)NC(=O)C(=O)Nc2ccc(F)c(F)c2F)cc1OC. The lowest BCUT2D eigenvalue weighted by Gasteiger charge is -2.17. The number of benzene rings is 2. The van der Waals surface area contributed by atoms with Crippen molar-refractivity contribution in [3.05, 3.63) is 53.3 Å². The number of carbonyl (C=O) groups excluding carboxylic acids is 2. The number of anilines is 1.